The average molecular weight is 459 g/mol. The highest BCUT2D eigenvalue weighted by atomic mass is 35.5. The lowest BCUT2D eigenvalue weighted by atomic mass is 10.0. The number of ether oxygens (including phenoxy) is 1. The van der Waals surface area contributed by atoms with Gasteiger partial charge in [-0.3, -0.25) is 4.79 Å². The molecule has 164 valence electrons. The highest BCUT2D eigenvalue weighted by molar-refractivity contribution is 7.14. The summed E-state index contributed by atoms with van der Waals surface area (Å²) in [6, 6.07) is 10.3. The lowest BCUT2D eigenvalue weighted by Gasteiger charge is -2.36. The van der Waals surface area contributed by atoms with Gasteiger partial charge in [0.05, 0.1) is 9.85 Å². The first-order valence-electron chi connectivity index (χ1n) is 10.4. The van der Waals surface area contributed by atoms with Gasteiger partial charge in [-0.25, -0.2) is 4.98 Å². The largest absolute Gasteiger partial charge is 0.483 e. The third-order valence-corrected chi connectivity index (χ3v) is 6.79. The van der Waals surface area contributed by atoms with Gasteiger partial charge >= 0.3 is 0 Å². The number of thiophene rings is 1. The summed E-state index contributed by atoms with van der Waals surface area (Å²) in [5.41, 5.74) is 2.82. The number of rotatable bonds is 6. The predicted molar refractivity (Wildman–Crippen MR) is 129 cm³/mol. The molecule has 0 atom stereocenters. The van der Waals surface area contributed by atoms with Crippen molar-refractivity contribution in [2.45, 2.75) is 25.8 Å². The lowest BCUT2D eigenvalue weighted by Crippen LogP contribution is -2.42. The van der Waals surface area contributed by atoms with Crippen LogP contribution in [0.1, 0.15) is 18.4 Å². The molecule has 31 heavy (non-hydrogen) atoms. The quantitative estimate of drug-likeness (QED) is 0.574. The second-order valence-corrected chi connectivity index (χ2v) is 9.68. The van der Waals surface area contributed by atoms with Crippen LogP contribution in [-0.2, 0) is 4.79 Å². The molecule has 1 fully saturated rings. The van der Waals surface area contributed by atoms with E-state index in [1.54, 1.807) is 11.4 Å². The zero-order chi connectivity index (χ0) is 22.0. The molecule has 0 unspecified atom stereocenters. The molecule has 0 spiro atoms. The van der Waals surface area contributed by atoms with Gasteiger partial charge in [0.15, 0.2) is 6.61 Å². The van der Waals surface area contributed by atoms with E-state index in [9.17, 15) is 4.79 Å². The number of anilines is 2. The van der Waals surface area contributed by atoms with Crippen LogP contribution in [0, 0.1) is 6.92 Å². The molecule has 1 aliphatic heterocycles. The first kappa shape index (κ1) is 21.9. The molecule has 1 saturated heterocycles. The molecular weight excluding hydrogens is 432 g/mol. The molecule has 0 saturated carbocycles. The van der Waals surface area contributed by atoms with Crippen molar-refractivity contribution in [3.8, 4) is 5.75 Å². The Morgan fingerprint density at radius 1 is 1.29 bits per heavy atom. The summed E-state index contributed by atoms with van der Waals surface area (Å²) >= 11 is 7.25. The Hall–Kier alpha value is -2.35. The fourth-order valence-electron chi connectivity index (χ4n) is 3.94. The molecule has 6 nitrogen and oxygen atoms in total. The zero-order valence-electron chi connectivity index (χ0n) is 18.0. The van der Waals surface area contributed by atoms with Crippen molar-refractivity contribution in [3.05, 3.63) is 45.6 Å². The number of aryl methyl sites for hydroxylation is 1. The Balaban J connectivity index is 1.42. The van der Waals surface area contributed by atoms with Gasteiger partial charge in [-0.05, 0) is 63.7 Å². The van der Waals surface area contributed by atoms with Gasteiger partial charge in [-0.15, -0.1) is 11.3 Å². The maximum atomic E-state index is 12.3. The highest BCUT2D eigenvalue weighted by Gasteiger charge is 2.22. The van der Waals surface area contributed by atoms with Crippen molar-refractivity contribution >= 4 is 51.3 Å². The molecule has 1 N–H and O–H groups in total. The fraction of sp³-hybridized carbons (Fsp3) is 0.391. The standard InChI is InChI=1S/C23H27ClN4O2S/c1-15-10-22(28-8-6-17(7-9-28)27(2)3)26-20-5-4-16(11-19(15)20)25-23(29)13-30-18-12-21(24)31-14-18/h4-5,10-12,14,17H,6-9,13H2,1-3H3,(H,25,29). The van der Waals surface area contributed by atoms with E-state index in [0.29, 0.717) is 16.1 Å². The van der Waals surface area contributed by atoms with Gasteiger partial charge in [-0.1, -0.05) is 11.6 Å². The summed E-state index contributed by atoms with van der Waals surface area (Å²) in [7, 11) is 4.30. The van der Waals surface area contributed by atoms with E-state index in [1.165, 1.54) is 11.3 Å². The molecule has 2 aromatic heterocycles. The van der Waals surface area contributed by atoms with Gasteiger partial charge in [0.25, 0.3) is 5.91 Å². The van der Waals surface area contributed by atoms with Crippen LogP contribution in [0.4, 0.5) is 11.5 Å². The van der Waals surface area contributed by atoms with Crippen molar-refractivity contribution in [1.29, 1.82) is 0 Å². The Morgan fingerprint density at radius 3 is 2.74 bits per heavy atom. The number of hydrogen-bond donors (Lipinski definition) is 1. The lowest BCUT2D eigenvalue weighted by molar-refractivity contribution is -0.118. The predicted octanol–water partition coefficient (Wildman–Crippen LogP) is 4.81. The SMILES string of the molecule is Cc1cc(N2CCC(N(C)C)CC2)nc2ccc(NC(=O)COc3csc(Cl)c3)cc12. The number of amides is 1. The summed E-state index contributed by atoms with van der Waals surface area (Å²) in [6.45, 7) is 4.06. The van der Waals surface area contributed by atoms with Crippen LogP contribution < -0.4 is 15.0 Å². The number of fused-ring (bicyclic) bond motifs is 1. The molecule has 1 aliphatic rings. The van der Waals surface area contributed by atoms with E-state index < -0.39 is 0 Å². The van der Waals surface area contributed by atoms with E-state index >= 15 is 0 Å². The van der Waals surface area contributed by atoms with Gasteiger partial charge in [0.2, 0.25) is 0 Å². The molecular formula is C23H27ClN4O2S. The van der Waals surface area contributed by atoms with E-state index in [4.69, 9.17) is 21.3 Å². The Labute approximate surface area is 191 Å². The topological polar surface area (TPSA) is 57.7 Å². The summed E-state index contributed by atoms with van der Waals surface area (Å²) in [5, 5.41) is 5.71. The first-order chi connectivity index (χ1) is 14.9. The van der Waals surface area contributed by atoms with E-state index in [2.05, 4.69) is 42.2 Å². The number of nitrogens with one attached hydrogen (secondary N) is 1. The zero-order valence-corrected chi connectivity index (χ0v) is 19.6. The molecule has 0 radical (unpaired) electrons. The van der Waals surface area contributed by atoms with E-state index in [-0.39, 0.29) is 12.5 Å². The van der Waals surface area contributed by atoms with Crippen molar-refractivity contribution < 1.29 is 9.53 Å². The fourth-order valence-corrected chi connectivity index (χ4v) is 4.73. The first-order valence-corrected chi connectivity index (χ1v) is 11.6. The third kappa shape index (κ3) is 5.29. The van der Waals surface area contributed by atoms with E-state index in [0.717, 1.165) is 53.9 Å². The summed E-state index contributed by atoms with van der Waals surface area (Å²) in [4.78, 5) is 21.8. The number of hydrogen-bond acceptors (Lipinski definition) is 6. The van der Waals surface area contributed by atoms with E-state index in [1.807, 2.05) is 18.2 Å². The van der Waals surface area contributed by atoms with Crippen molar-refractivity contribution in [3.63, 3.8) is 0 Å². The number of nitrogens with zero attached hydrogens (tertiary/aromatic N) is 3. The monoisotopic (exact) mass is 458 g/mol. The number of benzene rings is 1. The number of halogens is 1. The van der Waals surface area contributed by atoms with Crippen LogP contribution in [0.2, 0.25) is 4.34 Å². The number of aromatic nitrogens is 1. The third-order valence-electron chi connectivity index (χ3n) is 5.72. The maximum Gasteiger partial charge on any atom is 0.262 e. The molecule has 1 aromatic carbocycles. The molecule has 0 bridgehead atoms. The number of pyridine rings is 1. The number of carbonyl (C=O) groups excluding carboxylic acids is 1. The van der Waals surface area contributed by atoms with Crippen LogP contribution in [0.15, 0.2) is 35.7 Å². The van der Waals surface area contributed by atoms with Crippen LogP contribution in [-0.4, -0.2) is 55.6 Å². The average Bonchev–Trinajstić information content (AvgIpc) is 3.18. The van der Waals surface area contributed by atoms with Crippen LogP contribution >= 0.6 is 22.9 Å². The smallest absolute Gasteiger partial charge is 0.262 e. The summed E-state index contributed by atoms with van der Waals surface area (Å²) in [6.07, 6.45) is 2.30. The number of piperidine rings is 1. The molecule has 1 amide bonds. The van der Waals surface area contributed by atoms with Crippen LogP contribution in [0.3, 0.4) is 0 Å². The van der Waals surface area contributed by atoms with Gasteiger partial charge in [-0.2, -0.15) is 0 Å². The van der Waals surface area contributed by atoms with Gasteiger partial charge < -0.3 is 19.9 Å². The molecule has 3 aromatic rings. The van der Waals surface area contributed by atoms with Crippen molar-refractivity contribution in [2.24, 2.45) is 0 Å². The van der Waals surface area contributed by atoms with Crippen molar-refractivity contribution in [2.75, 3.05) is 44.0 Å². The molecule has 8 heteroatoms. The number of carbonyl (C=O) groups is 1. The molecule has 3 heterocycles. The van der Waals surface area contributed by atoms with Gasteiger partial charge in [0.1, 0.15) is 11.6 Å². The minimum atomic E-state index is -0.215. The normalized spacial score (nSPS) is 14.9. The minimum absolute atomic E-state index is 0.0653. The van der Waals surface area contributed by atoms with Gasteiger partial charge in [0, 0.05) is 41.7 Å². The summed E-state index contributed by atoms with van der Waals surface area (Å²) in [5.74, 6) is 1.42. The Bertz CT molecular complexity index is 1080. The maximum absolute atomic E-state index is 12.3. The Morgan fingerprint density at radius 2 is 2.06 bits per heavy atom. The second-order valence-electron chi connectivity index (χ2n) is 8.13. The molecule has 0 aliphatic carbocycles. The minimum Gasteiger partial charge on any atom is -0.483 e. The highest BCUT2D eigenvalue weighted by Crippen LogP contribution is 2.28. The summed E-state index contributed by atoms with van der Waals surface area (Å²) < 4.78 is 6.10. The molecule has 4 rings (SSSR count). The van der Waals surface area contributed by atoms with Crippen molar-refractivity contribution in [1.82, 2.24) is 9.88 Å². The second kappa shape index (κ2) is 9.42. The Kier molecular flexibility index (Phi) is 6.65. The van der Waals surface area contributed by atoms with Crippen LogP contribution in [0.5, 0.6) is 5.75 Å². The van der Waals surface area contributed by atoms with Crippen LogP contribution in [0.25, 0.3) is 10.9 Å².